The number of aromatic nitrogens is 1. The molecule has 34 heavy (non-hydrogen) atoms. The molecule has 0 spiro atoms. The monoisotopic (exact) mass is 515 g/mol. The summed E-state index contributed by atoms with van der Waals surface area (Å²) in [7, 11) is 1.34. The van der Waals surface area contributed by atoms with Crippen LogP contribution < -0.4 is 10.1 Å². The smallest absolute Gasteiger partial charge is 0.477 e. The summed E-state index contributed by atoms with van der Waals surface area (Å²) >= 11 is 0.744. The van der Waals surface area contributed by atoms with Crippen molar-refractivity contribution in [2.24, 2.45) is 5.41 Å². The Morgan fingerprint density at radius 3 is 2.47 bits per heavy atom. The molecule has 188 valence electrons. The van der Waals surface area contributed by atoms with Crippen molar-refractivity contribution in [3.63, 3.8) is 0 Å². The minimum absolute atomic E-state index is 0.0169. The standard InChI is InChI=1S/C19H19F6N3O5S/c1-17(7-28(8-17)16(30)31-3-4-33-19(23,24)25)9-32-12-5-11(18(20,21)22)14-13(27-12)10(6-34-14)15(29)26-2/h5-6H,3-4,7-9H2,1-2H3,(H,26,29). The number of nitrogens with zero attached hydrogens (tertiary/aromatic N) is 2. The van der Waals surface area contributed by atoms with Crippen LogP contribution >= 0.6 is 11.3 Å². The molecule has 3 heterocycles. The number of hydrogen-bond donors (Lipinski definition) is 1. The van der Waals surface area contributed by atoms with E-state index in [4.69, 9.17) is 4.74 Å². The molecule has 1 aliphatic heterocycles. The number of alkyl halides is 6. The van der Waals surface area contributed by atoms with E-state index in [1.165, 1.54) is 17.3 Å². The minimum atomic E-state index is -4.83. The van der Waals surface area contributed by atoms with Crippen molar-refractivity contribution in [3.8, 4) is 5.88 Å². The normalized spacial score (nSPS) is 15.7. The van der Waals surface area contributed by atoms with Crippen LogP contribution in [-0.4, -0.2) is 68.2 Å². The zero-order valence-electron chi connectivity index (χ0n) is 17.8. The van der Waals surface area contributed by atoms with Crippen LogP contribution in [0.15, 0.2) is 11.4 Å². The van der Waals surface area contributed by atoms with Gasteiger partial charge in [0.1, 0.15) is 6.61 Å². The van der Waals surface area contributed by atoms with Crippen LogP contribution in [-0.2, 0) is 15.7 Å². The molecule has 0 saturated carbocycles. The molecule has 0 atom stereocenters. The van der Waals surface area contributed by atoms with Gasteiger partial charge in [0.15, 0.2) is 0 Å². The lowest BCUT2D eigenvalue weighted by Crippen LogP contribution is -2.59. The van der Waals surface area contributed by atoms with Gasteiger partial charge in [-0.3, -0.25) is 9.53 Å². The van der Waals surface area contributed by atoms with E-state index in [1.807, 2.05) is 0 Å². The fraction of sp³-hybridized carbons (Fsp3) is 0.526. The van der Waals surface area contributed by atoms with Crippen molar-refractivity contribution >= 4 is 33.6 Å². The van der Waals surface area contributed by atoms with Gasteiger partial charge >= 0.3 is 18.6 Å². The van der Waals surface area contributed by atoms with Crippen molar-refractivity contribution in [1.29, 1.82) is 0 Å². The number of thiophene rings is 1. The maximum absolute atomic E-state index is 13.6. The highest BCUT2D eigenvalue weighted by Gasteiger charge is 2.43. The lowest BCUT2D eigenvalue weighted by Gasteiger charge is -2.46. The number of carbonyl (C=O) groups excluding carboxylic acids is 2. The first-order valence-corrected chi connectivity index (χ1v) is 10.6. The Kier molecular flexibility index (Phi) is 7.17. The van der Waals surface area contributed by atoms with Gasteiger partial charge in [-0.15, -0.1) is 24.5 Å². The second kappa shape index (κ2) is 9.44. The van der Waals surface area contributed by atoms with Gasteiger partial charge < -0.3 is 19.7 Å². The van der Waals surface area contributed by atoms with E-state index >= 15 is 0 Å². The summed E-state index contributed by atoms with van der Waals surface area (Å²) < 4.78 is 89.9. The predicted octanol–water partition coefficient (Wildman–Crippen LogP) is 4.05. The number of hydrogen-bond acceptors (Lipinski definition) is 7. The molecule has 0 radical (unpaired) electrons. The Balaban J connectivity index is 1.63. The molecule has 15 heteroatoms. The number of amides is 2. The van der Waals surface area contributed by atoms with Crippen molar-refractivity contribution in [2.75, 3.05) is 40.0 Å². The molecule has 8 nitrogen and oxygen atoms in total. The first-order valence-electron chi connectivity index (χ1n) is 9.69. The number of nitrogens with one attached hydrogen (secondary N) is 1. The summed E-state index contributed by atoms with van der Waals surface area (Å²) in [5.41, 5.74) is -1.80. The molecule has 1 aliphatic rings. The first-order chi connectivity index (χ1) is 15.7. The molecule has 1 N–H and O–H groups in total. The number of carbonyl (C=O) groups is 2. The van der Waals surface area contributed by atoms with Crippen molar-refractivity contribution in [2.45, 2.75) is 19.5 Å². The van der Waals surface area contributed by atoms with E-state index < -0.39 is 48.7 Å². The highest BCUT2D eigenvalue weighted by atomic mass is 32.1. The van der Waals surface area contributed by atoms with E-state index in [0.717, 1.165) is 17.4 Å². The second-order valence-corrected chi connectivity index (χ2v) is 8.66. The van der Waals surface area contributed by atoms with Gasteiger partial charge in [0.25, 0.3) is 5.91 Å². The predicted molar refractivity (Wildman–Crippen MR) is 107 cm³/mol. The summed E-state index contributed by atoms with van der Waals surface area (Å²) in [6.45, 7) is 0.349. The minimum Gasteiger partial charge on any atom is -0.477 e. The molecule has 3 rings (SSSR count). The number of pyridine rings is 1. The van der Waals surface area contributed by atoms with Crippen LogP contribution in [0.25, 0.3) is 10.2 Å². The summed E-state index contributed by atoms with van der Waals surface area (Å²) in [6.07, 6.45) is -10.4. The molecular weight excluding hydrogens is 496 g/mol. The van der Waals surface area contributed by atoms with Crippen LogP contribution in [0.3, 0.4) is 0 Å². The molecule has 1 fully saturated rings. The molecule has 0 bridgehead atoms. The van der Waals surface area contributed by atoms with Crippen LogP contribution in [0.1, 0.15) is 22.8 Å². The summed E-state index contributed by atoms with van der Waals surface area (Å²) in [5.74, 6) is -0.931. The topological polar surface area (TPSA) is 90.0 Å². The zero-order valence-corrected chi connectivity index (χ0v) is 18.6. The van der Waals surface area contributed by atoms with Gasteiger partial charge in [-0.1, -0.05) is 6.92 Å². The number of likely N-dealkylation sites (tertiary alicyclic amines) is 1. The Bertz CT molecular complexity index is 1070. The van der Waals surface area contributed by atoms with Crippen LogP contribution in [0.4, 0.5) is 31.1 Å². The number of rotatable bonds is 7. The van der Waals surface area contributed by atoms with E-state index in [-0.39, 0.29) is 41.4 Å². The van der Waals surface area contributed by atoms with Crippen LogP contribution in [0.5, 0.6) is 5.88 Å². The summed E-state index contributed by atoms with van der Waals surface area (Å²) in [6, 6.07) is 0.751. The quantitative estimate of drug-likeness (QED) is 0.442. The molecule has 1 saturated heterocycles. The number of halogens is 6. The molecule has 2 amide bonds. The maximum Gasteiger partial charge on any atom is 0.522 e. The lowest BCUT2D eigenvalue weighted by molar-refractivity contribution is -0.326. The number of ether oxygens (including phenoxy) is 3. The third-order valence-electron chi connectivity index (χ3n) is 4.82. The third kappa shape index (κ3) is 6.00. The fourth-order valence-corrected chi connectivity index (χ4v) is 4.31. The SMILES string of the molecule is CNC(=O)c1csc2c(C(F)(F)F)cc(OCC3(C)CN(C(=O)OCCOC(F)(F)F)C3)nc12. The molecule has 0 aliphatic carbocycles. The Hall–Kier alpha value is -2.81. The average Bonchev–Trinajstić information content (AvgIpc) is 3.14. The van der Waals surface area contributed by atoms with E-state index in [9.17, 15) is 35.9 Å². The van der Waals surface area contributed by atoms with Crippen LogP contribution in [0.2, 0.25) is 0 Å². The van der Waals surface area contributed by atoms with E-state index in [0.29, 0.717) is 0 Å². The number of fused-ring (bicyclic) bond motifs is 1. The van der Waals surface area contributed by atoms with Gasteiger partial charge in [0, 0.05) is 37.0 Å². The summed E-state index contributed by atoms with van der Waals surface area (Å²) in [4.78, 5) is 29.1. The Morgan fingerprint density at radius 2 is 1.88 bits per heavy atom. The lowest BCUT2D eigenvalue weighted by atomic mass is 9.83. The fourth-order valence-electron chi connectivity index (χ4n) is 3.29. The Morgan fingerprint density at radius 1 is 1.21 bits per heavy atom. The molecule has 2 aromatic heterocycles. The van der Waals surface area contributed by atoms with Crippen molar-refractivity contribution in [3.05, 3.63) is 22.6 Å². The van der Waals surface area contributed by atoms with Crippen LogP contribution in [0, 0.1) is 5.41 Å². The maximum atomic E-state index is 13.6. The van der Waals surface area contributed by atoms with Gasteiger partial charge in [-0.25, -0.2) is 9.78 Å². The van der Waals surface area contributed by atoms with Crippen molar-refractivity contribution < 1.29 is 50.1 Å². The molecule has 0 unspecified atom stereocenters. The third-order valence-corrected chi connectivity index (χ3v) is 5.83. The Labute approximate surface area is 192 Å². The highest BCUT2D eigenvalue weighted by molar-refractivity contribution is 7.17. The van der Waals surface area contributed by atoms with E-state index in [2.05, 4.69) is 19.8 Å². The van der Waals surface area contributed by atoms with Gasteiger partial charge in [0.2, 0.25) is 5.88 Å². The molecule has 0 aromatic carbocycles. The van der Waals surface area contributed by atoms with E-state index in [1.54, 1.807) is 6.92 Å². The van der Waals surface area contributed by atoms with Crippen molar-refractivity contribution in [1.82, 2.24) is 15.2 Å². The first kappa shape index (κ1) is 25.8. The highest BCUT2D eigenvalue weighted by Crippen LogP contribution is 2.40. The van der Waals surface area contributed by atoms with Gasteiger partial charge in [-0.2, -0.15) is 13.2 Å². The summed E-state index contributed by atoms with van der Waals surface area (Å²) in [5, 5.41) is 3.63. The average molecular weight is 515 g/mol. The molecular formula is C19H19F6N3O5S. The second-order valence-electron chi connectivity index (χ2n) is 7.78. The van der Waals surface area contributed by atoms with Gasteiger partial charge in [0.05, 0.1) is 34.6 Å². The van der Waals surface area contributed by atoms with Gasteiger partial charge in [-0.05, 0) is 0 Å². The largest absolute Gasteiger partial charge is 0.522 e. The zero-order chi connectivity index (χ0) is 25.3. The molecule has 2 aromatic rings.